The number of likely N-dealkylation sites (tertiary alicyclic amines) is 1. The smallest absolute Gasteiger partial charge is 0.229 e. The Hall–Kier alpha value is -2.95. The van der Waals surface area contributed by atoms with E-state index in [1.54, 1.807) is 29.1 Å². The third kappa shape index (κ3) is 4.66. The van der Waals surface area contributed by atoms with Crippen molar-refractivity contribution in [2.45, 2.75) is 45.0 Å². The van der Waals surface area contributed by atoms with Gasteiger partial charge in [0.15, 0.2) is 5.65 Å². The van der Waals surface area contributed by atoms with E-state index in [2.05, 4.69) is 39.5 Å². The molecule has 1 saturated heterocycles. The molecule has 2 aliphatic heterocycles. The number of β-amino-alcohol motifs (C(OH)–C–C–N with tert-alkyl or cyclic N) is 1. The average Bonchev–Trinajstić information content (AvgIpc) is 3.36. The van der Waals surface area contributed by atoms with Crippen LogP contribution in [-0.4, -0.2) is 80.0 Å². The van der Waals surface area contributed by atoms with Gasteiger partial charge < -0.3 is 25.0 Å². The molecule has 11 heteroatoms. The lowest BCUT2D eigenvalue weighted by molar-refractivity contribution is -0.130. The molecule has 0 saturated carbocycles. The minimum Gasteiger partial charge on any atom is -0.495 e. The van der Waals surface area contributed by atoms with Crippen molar-refractivity contribution < 1.29 is 14.6 Å². The first-order valence-electron chi connectivity index (χ1n) is 11.2. The van der Waals surface area contributed by atoms with Crippen molar-refractivity contribution in [2.75, 3.05) is 32.6 Å². The quantitative estimate of drug-likeness (QED) is 0.562. The Bertz CT molecular complexity index is 1200. The highest BCUT2D eigenvalue weighted by atomic mass is 35.5. The molecule has 10 nitrogen and oxygen atoms in total. The fourth-order valence-electron chi connectivity index (χ4n) is 4.83. The van der Waals surface area contributed by atoms with Crippen molar-refractivity contribution in [2.24, 2.45) is 0 Å². The number of hydrogen-bond donors (Lipinski definition) is 2. The normalized spacial score (nSPS) is 20.2. The second kappa shape index (κ2) is 9.73. The van der Waals surface area contributed by atoms with Gasteiger partial charge in [-0.3, -0.25) is 4.79 Å². The molecule has 4 heterocycles. The van der Waals surface area contributed by atoms with E-state index < -0.39 is 6.10 Å². The SMILES string of the molecule is COc1cc2c(cc1Nc1ncc3cnn(C[C@@H]4C[C@H](O)CN4C(C)=O)c3n1)CN(C)CC2.Cl. The standard InChI is InChI=1S/C23H29N7O3.ClH/c1-14(31)29-13-19(32)8-18(29)12-30-22-17(10-25-30)9-24-23(27-22)26-20-6-16-11-28(2)5-4-15(16)7-21(20)33-3;/h6-7,9-10,18-19,32H,4-5,8,11-13H2,1-3H3,(H,24,26,27);1H/t18-,19-;/m0./s1. The van der Waals surface area contributed by atoms with Crippen molar-refractivity contribution in [3.05, 3.63) is 35.7 Å². The lowest BCUT2D eigenvalue weighted by Gasteiger charge is -2.26. The Kier molecular flexibility index (Phi) is 6.92. The van der Waals surface area contributed by atoms with Crippen molar-refractivity contribution in [3.8, 4) is 5.75 Å². The first-order valence-corrected chi connectivity index (χ1v) is 11.2. The Morgan fingerprint density at radius 3 is 2.88 bits per heavy atom. The number of nitrogens with zero attached hydrogens (tertiary/aromatic N) is 6. The molecule has 1 amide bonds. The van der Waals surface area contributed by atoms with E-state index in [0.717, 1.165) is 36.3 Å². The molecule has 2 aliphatic rings. The number of carbonyl (C=O) groups excluding carboxylic acids is 1. The van der Waals surface area contributed by atoms with E-state index in [9.17, 15) is 9.90 Å². The predicted octanol–water partition coefficient (Wildman–Crippen LogP) is 1.97. The first kappa shape index (κ1) is 24.2. The fourth-order valence-corrected chi connectivity index (χ4v) is 4.83. The molecule has 2 atom stereocenters. The average molecular weight is 488 g/mol. The molecule has 2 aromatic heterocycles. The molecule has 34 heavy (non-hydrogen) atoms. The van der Waals surface area contributed by atoms with Crippen LogP contribution in [0, 0.1) is 0 Å². The van der Waals surface area contributed by atoms with E-state index in [1.807, 2.05) is 0 Å². The van der Waals surface area contributed by atoms with Crippen molar-refractivity contribution in [1.29, 1.82) is 0 Å². The molecular formula is C23H30ClN7O3. The molecule has 0 radical (unpaired) electrons. The molecule has 0 bridgehead atoms. The summed E-state index contributed by atoms with van der Waals surface area (Å²) in [5, 5.41) is 18.6. The van der Waals surface area contributed by atoms with Crippen molar-refractivity contribution in [3.63, 3.8) is 0 Å². The van der Waals surface area contributed by atoms with E-state index in [1.165, 1.54) is 18.1 Å². The molecule has 3 aromatic rings. The summed E-state index contributed by atoms with van der Waals surface area (Å²) in [6, 6.07) is 4.08. The molecule has 1 aromatic carbocycles. The summed E-state index contributed by atoms with van der Waals surface area (Å²) in [6.07, 6.45) is 4.47. The molecule has 2 N–H and O–H groups in total. The number of aliphatic hydroxyl groups excluding tert-OH is 1. The summed E-state index contributed by atoms with van der Waals surface area (Å²) in [5.41, 5.74) is 4.06. The zero-order chi connectivity index (χ0) is 23.1. The van der Waals surface area contributed by atoms with Gasteiger partial charge in [0.05, 0.1) is 43.1 Å². The first-order chi connectivity index (χ1) is 15.9. The summed E-state index contributed by atoms with van der Waals surface area (Å²) >= 11 is 0. The third-order valence-corrected chi connectivity index (χ3v) is 6.53. The zero-order valence-corrected chi connectivity index (χ0v) is 20.4. The Labute approximate surface area is 204 Å². The van der Waals surface area contributed by atoms with Gasteiger partial charge in [-0.05, 0) is 43.1 Å². The van der Waals surface area contributed by atoms with Crippen LogP contribution in [0.15, 0.2) is 24.5 Å². The monoisotopic (exact) mass is 487 g/mol. The number of aliphatic hydroxyl groups is 1. The van der Waals surface area contributed by atoms with Crippen LogP contribution in [-0.2, 0) is 24.3 Å². The number of halogens is 1. The van der Waals surface area contributed by atoms with Crippen molar-refractivity contribution >= 4 is 41.0 Å². The Balaban J connectivity index is 0.00000274. The van der Waals surface area contributed by atoms with Gasteiger partial charge in [-0.25, -0.2) is 9.67 Å². The van der Waals surface area contributed by atoms with Gasteiger partial charge in [0.25, 0.3) is 0 Å². The summed E-state index contributed by atoms with van der Waals surface area (Å²) in [4.78, 5) is 25.1. The maximum absolute atomic E-state index is 12.0. The maximum atomic E-state index is 12.0. The van der Waals surface area contributed by atoms with Crippen LogP contribution in [0.1, 0.15) is 24.5 Å². The highest BCUT2D eigenvalue weighted by molar-refractivity contribution is 5.85. The lowest BCUT2D eigenvalue weighted by atomic mass is 9.99. The van der Waals surface area contributed by atoms with Crippen molar-refractivity contribution in [1.82, 2.24) is 29.5 Å². The predicted molar refractivity (Wildman–Crippen MR) is 131 cm³/mol. The number of carbonyl (C=O) groups is 1. The van der Waals surface area contributed by atoms with Gasteiger partial charge in [0.2, 0.25) is 11.9 Å². The van der Waals surface area contributed by atoms with Gasteiger partial charge in [0.1, 0.15) is 5.75 Å². The lowest BCUT2D eigenvalue weighted by Crippen LogP contribution is -2.37. The summed E-state index contributed by atoms with van der Waals surface area (Å²) in [7, 11) is 3.78. The van der Waals surface area contributed by atoms with Gasteiger partial charge in [-0.2, -0.15) is 10.1 Å². The van der Waals surface area contributed by atoms with Gasteiger partial charge in [-0.1, -0.05) is 0 Å². The molecule has 5 rings (SSSR count). The summed E-state index contributed by atoms with van der Waals surface area (Å²) in [6.45, 7) is 4.27. The minimum atomic E-state index is -0.511. The summed E-state index contributed by atoms with van der Waals surface area (Å²) < 4.78 is 7.41. The van der Waals surface area contributed by atoms with Gasteiger partial charge >= 0.3 is 0 Å². The highest BCUT2D eigenvalue weighted by Crippen LogP contribution is 2.33. The topological polar surface area (TPSA) is 109 Å². The number of fused-ring (bicyclic) bond motifs is 2. The Morgan fingerprint density at radius 2 is 2.12 bits per heavy atom. The van der Waals surface area contributed by atoms with Crippen LogP contribution < -0.4 is 10.1 Å². The maximum Gasteiger partial charge on any atom is 0.229 e. The van der Waals surface area contributed by atoms with Crippen LogP contribution >= 0.6 is 12.4 Å². The molecular weight excluding hydrogens is 458 g/mol. The number of hydrogen-bond acceptors (Lipinski definition) is 8. The highest BCUT2D eigenvalue weighted by Gasteiger charge is 2.33. The van der Waals surface area contributed by atoms with E-state index in [4.69, 9.17) is 9.72 Å². The largest absolute Gasteiger partial charge is 0.495 e. The number of amides is 1. The fraction of sp³-hybridized carbons (Fsp3) is 0.478. The number of methoxy groups -OCH3 is 1. The number of benzene rings is 1. The minimum absolute atomic E-state index is 0. The molecule has 0 aliphatic carbocycles. The number of nitrogens with one attached hydrogen (secondary N) is 1. The number of likely N-dealkylation sites (N-methyl/N-ethyl adjacent to an activating group) is 1. The molecule has 1 fully saturated rings. The van der Waals surface area contributed by atoms with E-state index in [0.29, 0.717) is 31.1 Å². The molecule has 0 unspecified atom stereocenters. The number of anilines is 2. The second-order valence-electron chi connectivity index (χ2n) is 8.95. The zero-order valence-electron chi connectivity index (χ0n) is 19.6. The summed E-state index contributed by atoms with van der Waals surface area (Å²) in [5.74, 6) is 1.16. The number of aromatic nitrogens is 4. The second-order valence-corrected chi connectivity index (χ2v) is 8.95. The van der Waals surface area contributed by atoms with Gasteiger partial charge in [0, 0.05) is 32.8 Å². The third-order valence-electron chi connectivity index (χ3n) is 6.53. The number of ether oxygens (including phenoxy) is 1. The Morgan fingerprint density at radius 1 is 1.29 bits per heavy atom. The molecule has 182 valence electrons. The molecule has 0 spiro atoms. The van der Waals surface area contributed by atoms with Crippen LogP contribution in [0.25, 0.3) is 11.0 Å². The van der Waals surface area contributed by atoms with Crippen LogP contribution in [0.2, 0.25) is 0 Å². The van der Waals surface area contributed by atoms with Crippen LogP contribution in [0.4, 0.5) is 11.6 Å². The van der Waals surface area contributed by atoms with E-state index in [-0.39, 0.29) is 24.4 Å². The number of rotatable bonds is 5. The van der Waals surface area contributed by atoms with E-state index >= 15 is 0 Å². The van der Waals surface area contributed by atoms with Crippen LogP contribution in [0.3, 0.4) is 0 Å². The van der Waals surface area contributed by atoms with Gasteiger partial charge in [-0.15, -0.1) is 12.4 Å². The van der Waals surface area contributed by atoms with Crippen LogP contribution in [0.5, 0.6) is 5.75 Å².